The van der Waals surface area contributed by atoms with Gasteiger partial charge in [-0.3, -0.25) is 0 Å². The lowest BCUT2D eigenvalue weighted by Crippen LogP contribution is -2.18. The zero-order chi connectivity index (χ0) is 13.8. The Morgan fingerprint density at radius 1 is 1.44 bits per heavy atom. The van der Waals surface area contributed by atoms with Crippen LogP contribution >= 0.6 is 11.6 Å². The molecule has 0 amide bonds. The Kier molecular flexibility index (Phi) is 5.44. The fourth-order valence-corrected chi connectivity index (χ4v) is 3.69. The van der Waals surface area contributed by atoms with E-state index in [-0.39, 0.29) is 24.0 Å². The molecule has 1 N–H and O–H groups in total. The summed E-state index contributed by atoms with van der Waals surface area (Å²) in [5.74, 6) is 0.142. The highest BCUT2D eigenvalue weighted by Gasteiger charge is 2.17. The van der Waals surface area contributed by atoms with Gasteiger partial charge in [0.25, 0.3) is 0 Å². The van der Waals surface area contributed by atoms with E-state index in [1.807, 2.05) is 0 Å². The van der Waals surface area contributed by atoms with Gasteiger partial charge in [0.2, 0.25) is 0 Å². The van der Waals surface area contributed by atoms with Gasteiger partial charge in [-0.25, -0.2) is 8.42 Å². The summed E-state index contributed by atoms with van der Waals surface area (Å²) in [6.07, 6.45) is 0. The summed E-state index contributed by atoms with van der Waals surface area (Å²) in [4.78, 5) is 0. The van der Waals surface area contributed by atoms with E-state index < -0.39 is 9.84 Å². The van der Waals surface area contributed by atoms with Gasteiger partial charge in [-0.15, -0.1) is 0 Å². The maximum atomic E-state index is 11.9. The van der Waals surface area contributed by atoms with E-state index >= 15 is 0 Å². The first-order chi connectivity index (χ1) is 8.38. The Balaban J connectivity index is 2.84. The summed E-state index contributed by atoms with van der Waals surface area (Å²) in [5, 5.41) is 9.25. The number of sulfone groups is 1. The van der Waals surface area contributed by atoms with Crippen LogP contribution in [0, 0.1) is 5.92 Å². The molecule has 0 fully saturated rings. The second-order valence-electron chi connectivity index (χ2n) is 4.30. The molecule has 1 aromatic rings. The Morgan fingerprint density at radius 3 is 2.61 bits per heavy atom. The quantitative estimate of drug-likeness (QED) is 0.870. The van der Waals surface area contributed by atoms with E-state index in [1.165, 1.54) is 7.11 Å². The number of ether oxygens (including phenoxy) is 1. The zero-order valence-electron chi connectivity index (χ0n) is 10.4. The molecule has 0 heterocycles. The number of methoxy groups -OCH3 is 1. The lowest BCUT2D eigenvalue weighted by atomic mass is 10.2. The molecular weight excluding hydrogens is 276 g/mol. The highest BCUT2D eigenvalue weighted by Crippen LogP contribution is 2.24. The minimum absolute atomic E-state index is 0.0497. The van der Waals surface area contributed by atoms with Gasteiger partial charge in [0, 0.05) is 11.6 Å². The number of benzene rings is 1. The summed E-state index contributed by atoms with van der Waals surface area (Å²) < 4.78 is 28.7. The fraction of sp³-hybridized carbons (Fsp3) is 0.500. The molecule has 0 aliphatic carbocycles. The molecule has 0 bridgehead atoms. The molecule has 0 saturated heterocycles. The van der Waals surface area contributed by atoms with Crippen molar-refractivity contribution in [3.8, 4) is 5.75 Å². The molecule has 18 heavy (non-hydrogen) atoms. The van der Waals surface area contributed by atoms with Crippen molar-refractivity contribution in [3.63, 3.8) is 0 Å². The molecule has 1 rings (SSSR count). The number of halogens is 1. The molecular formula is C12H17ClO4S. The van der Waals surface area contributed by atoms with Crippen LogP contribution in [0.15, 0.2) is 18.2 Å². The van der Waals surface area contributed by atoms with E-state index in [0.29, 0.717) is 16.3 Å². The van der Waals surface area contributed by atoms with E-state index in [2.05, 4.69) is 0 Å². The van der Waals surface area contributed by atoms with E-state index in [1.54, 1.807) is 25.1 Å². The van der Waals surface area contributed by atoms with Gasteiger partial charge in [0.05, 0.1) is 18.6 Å². The van der Waals surface area contributed by atoms with E-state index in [9.17, 15) is 8.42 Å². The average Bonchev–Trinajstić information content (AvgIpc) is 2.30. The van der Waals surface area contributed by atoms with Crippen LogP contribution in [-0.4, -0.2) is 33.0 Å². The molecule has 0 aliphatic heterocycles. The van der Waals surface area contributed by atoms with Gasteiger partial charge in [-0.2, -0.15) is 0 Å². The molecule has 102 valence electrons. The van der Waals surface area contributed by atoms with Crippen LogP contribution < -0.4 is 4.74 Å². The van der Waals surface area contributed by atoms with Crippen LogP contribution in [0.1, 0.15) is 12.5 Å². The summed E-state index contributed by atoms with van der Waals surface area (Å²) >= 11 is 5.99. The standard InChI is InChI=1S/C12H17ClO4S/c1-9(6-14)7-18(15,16)8-10-3-4-11(17-2)5-12(10)13/h3-5,9,14H,6-8H2,1-2H3. The molecule has 0 aliphatic rings. The van der Waals surface area contributed by atoms with Crippen molar-refractivity contribution in [2.24, 2.45) is 5.92 Å². The van der Waals surface area contributed by atoms with Gasteiger partial charge in [-0.05, 0) is 23.6 Å². The van der Waals surface area contributed by atoms with E-state index in [0.717, 1.165) is 0 Å². The molecule has 0 radical (unpaired) electrons. The molecule has 0 spiro atoms. The lowest BCUT2D eigenvalue weighted by Gasteiger charge is -2.10. The Labute approximate surface area is 112 Å². The fourth-order valence-electron chi connectivity index (χ4n) is 1.55. The smallest absolute Gasteiger partial charge is 0.154 e. The highest BCUT2D eigenvalue weighted by atomic mass is 35.5. The Hall–Kier alpha value is -0.780. The Morgan fingerprint density at radius 2 is 2.11 bits per heavy atom. The molecule has 1 aromatic carbocycles. The second kappa shape index (κ2) is 6.41. The highest BCUT2D eigenvalue weighted by molar-refractivity contribution is 7.90. The molecule has 0 aromatic heterocycles. The topological polar surface area (TPSA) is 63.6 Å². The van der Waals surface area contributed by atoms with Crippen molar-refractivity contribution >= 4 is 21.4 Å². The van der Waals surface area contributed by atoms with Crippen molar-refractivity contribution in [1.82, 2.24) is 0 Å². The second-order valence-corrected chi connectivity index (χ2v) is 6.82. The van der Waals surface area contributed by atoms with Gasteiger partial charge >= 0.3 is 0 Å². The third kappa shape index (κ3) is 4.48. The van der Waals surface area contributed by atoms with Crippen LogP contribution in [0.4, 0.5) is 0 Å². The van der Waals surface area contributed by atoms with Crippen molar-refractivity contribution in [2.45, 2.75) is 12.7 Å². The molecule has 1 unspecified atom stereocenters. The predicted molar refractivity (Wildman–Crippen MR) is 71.7 cm³/mol. The molecule has 0 saturated carbocycles. The number of rotatable bonds is 6. The van der Waals surface area contributed by atoms with Gasteiger partial charge in [0.15, 0.2) is 9.84 Å². The number of hydrogen-bond donors (Lipinski definition) is 1. The molecule has 1 atom stereocenters. The van der Waals surface area contributed by atoms with Crippen molar-refractivity contribution < 1.29 is 18.3 Å². The van der Waals surface area contributed by atoms with Gasteiger partial charge in [-0.1, -0.05) is 24.6 Å². The number of aliphatic hydroxyl groups is 1. The van der Waals surface area contributed by atoms with Crippen LogP contribution in [0.25, 0.3) is 0 Å². The minimum atomic E-state index is -3.27. The summed E-state index contributed by atoms with van der Waals surface area (Å²) in [7, 11) is -1.75. The normalized spacial score (nSPS) is 13.3. The third-order valence-electron chi connectivity index (χ3n) is 2.49. The predicted octanol–water partition coefficient (Wildman–Crippen LogP) is 1.89. The van der Waals surface area contributed by atoms with Crippen molar-refractivity contribution in [2.75, 3.05) is 19.5 Å². The van der Waals surface area contributed by atoms with Crippen LogP contribution in [0.5, 0.6) is 5.75 Å². The average molecular weight is 293 g/mol. The van der Waals surface area contributed by atoms with Crippen molar-refractivity contribution in [1.29, 1.82) is 0 Å². The summed E-state index contributed by atoms with van der Waals surface area (Å²) in [5.41, 5.74) is 0.544. The van der Waals surface area contributed by atoms with Crippen LogP contribution in [0.3, 0.4) is 0 Å². The monoisotopic (exact) mass is 292 g/mol. The summed E-state index contributed by atoms with van der Waals surface area (Å²) in [6, 6.07) is 4.90. The van der Waals surface area contributed by atoms with Gasteiger partial charge in [0.1, 0.15) is 5.75 Å². The summed E-state index contributed by atoms with van der Waals surface area (Å²) in [6.45, 7) is 1.54. The van der Waals surface area contributed by atoms with Crippen LogP contribution in [-0.2, 0) is 15.6 Å². The van der Waals surface area contributed by atoms with E-state index in [4.69, 9.17) is 21.4 Å². The first kappa shape index (κ1) is 15.3. The SMILES string of the molecule is COc1ccc(CS(=O)(=O)CC(C)CO)c(Cl)c1. The molecule has 6 heteroatoms. The minimum Gasteiger partial charge on any atom is -0.497 e. The number of hydrogen-bond acceptors (Lipinski definition) is 4. The largest absolute Gasteiger partial charge is 0.497 e. The Bertz CT molecular complexity index is 499. The number of aliphatic hydroxyl groups excluding tert-OH is 1. The van der Waals surface area contributed by atoms with Crippen LogP contribution in [0.2, 0.25) is 5.02 Å². The van der Waals surface area contributed by atoms with Crippen molar-refractivity contribution in [3.05, 3.63) is 28.8 Å². The lowest BCUT2D eigenvalue weighted by molar-refractivity contribution is 0.249. The van der Waals surface area contributed by atoms with Gasteiger partial charge < -0.3 is 9.84 Å². The first-order valence-electron chi connectivity index (χ1n) is 5.51. The maximum absolute atomic E-state index is 11.9. The molecule has 4 nitrogen and oxygen atoms in total. The first-order valence-corrected chi connectivity index (χ1v) is 7.71. The third-order valence-corrected chi connectivity index (χ3v) is 4.67. The zero-order valence-corrected chi connectivity index (χ0v) is 12.0. The maximum Gasteiger partial charge on any atom is 0.154 e.